The van der Waals surface area contributed by atoms with Gasteiger partial charge in [0.15, 0.2) is 17.6 Å². The van der Waals surface area contributed by atoms with Gasteiger partial charge in [0.2, 0.25) is 5.91 Å². The summed E-state index contributed by atoms with van der Waals surface area (Å²) in [5.74, 6) is 2.11. The SMILES string of the molecule is CCCN(CC1COc2ccccc2O1)C(=O)C1CCC1. The van der Waals surface area contributed by atoms with Crippen molar-refractivity contribution in [3.8, 4) is 11.5 Å². The molecule has 4 nitrogen and oxygen atoms in total. The van der Waals surface area contributed by atoms with Gasteiger partial charge in [-0.1, -0.05) is 25.5 Å². The van der Waals surface area contributed by atoms with Crippen LogP contribution in [0.2, 0.25) is 0 Å². The standard InChI is InChI=1S/C17H23NO3/c1-2-10-18(17(19)13-6-5-7-13)11-14-12-20-15-8-3-4-9-16(15)21-14/h3-4,8-9,13-14H,2,5-7,10-12H2,1H3. The molecule has 21 heavy (non-hydrogen) atoms. The number of hydrogen-bond donors (Lipinski definition) is 0. The van der Waals surface area contributed by atoms with E-state index in [0.717, 1.165) is 37.3 Å². The van der Waals surface area contributed by atoms with E-state index in [1.54, 1.807) is 0 Å². The fraction of sp³-hybridized carbons (Fsp3) is 0.588. The molecule has 1 heterocycles. The van der Waals surface area contributed by atoms with Gasteiger partial charge in [0.25, 0.3) is 0 Å². The smallest absolute Gasteiger partial charge is 0.225 e. The van der Waals surface area contributed by atoms with Crippen LogP contribution in [0.25, 0.3) is 0 Å². The Labute approximate surface area is 126 Å². The van der Waals surface area contributed by atoms with Crippen LogP contribution in [-0.4, -0.2) is 36.6 Å². The van der Waals surface area contributed by atoms with E-state index >= 15 is 0 Å². The Bertz CT molecular complexity index is 499. The number of ether oxygens (including phenoxy) is 2. The number of amides is 1. The molecule has 114 valence electrons. The van der Waals surface area contributed by atoms with Crippen molar-refractivity contribution in [3.05, 3.63) is 24.3 Å². The van der Waals surface area contributed by atoms with Crippen molar-refractivity contribution in [1.82, 2.24) is 4.90 Å². The van der Waals surface area contributed by atoms with Crippen molar-refractivity contribution in [2.24, 2.45) is 5.92 Å². The summed E-state index contributed by atoms with van der Waals surface area (Å²) in [7, 11) is 0. The number of hydrogen-bond acceptors (Lipinski definition) is 3. The van der Waals surface area contributed by atoms with Gasteiger partial charge in [0.1, 0.15) is 6.61 Å². The molecule has 0 saturated heterocycles. The number of para-hydroxylation sites is 2. The highest BCUT2D eigenvalue weighted by molar-refractivity contribution is 5.79. The average Bonchev–Trinajstić information content (AvgIpc) is 2.45. The van der Waals surface area contributed by atoms with Crippen LogP contribution in [0.15, 0.2) is 24.3 Å². The predicted molar refractivity (Wildman–Crippen MR) is 80.6 cm³/mol. The number of nitrogens with zero attached hydrogens (tertiary/aromatic N) is 1. The second-order valence-electron chi connectivity index (χ2n) is 5.91. The molecule has 1 unspecified atom stereocenters. The van der Waals surface area contributed by atoms with Gasteiger partial charge in [-0.15, -0.1) is 0 Å². The number of benzene rings is 1. The van der Waals surface area contributed by atoms with Gasteiger partial charge in [0.05, 0.1) is 6.54 Å². The molecule has 0 aromatic heterocycles. The zero-order valence-electron chi connectivity index (χ0n) is 12.6. The molecule has 1 amide bonds. The summed E-state index contributed by atoms with van der Waals surface area (Å²) in [6.45, 7) is 4.04. The normalized spacial score (nSPS) is 20.7. The summed E-state index contributed by atoms with van der Waals surface area (Å²) in [5.41, 5.74) is 0. The molecule has 0 radical (unpaired) electrons. The third-order valence-electron chi connectivity index (χ3n) is 4.25. The van der Waals surface area contributed by atoms with E-state index in [1.807, 2.05) is 29.2 Å². The Hall–Kier alpha value is -1.71. The Morgan fingerprint density at radius 2 is 2.05 bits per heavy atom. The zero-order valence-corrected chi connectivity index (χ0v) is 12.6. The Balaban J connectivity index is 1.62. The van der Waals surface area contributed by atoms with E-state index < -0.39 is 0 Å². The molecular weight excluding hydrogens is 266 g/mol. The molecule has 0 spiro atoms. The van der Waals surface area contributed by atoms with Crippen molar-refractivity contribution in [2.45, 2.75) is 38.7 Å². The highest BCUT2D eigenvalue weighted by Crippen LogP contribution is 2.32. The van der Waals surface area contributed by atoms with E-state index in [-0.39, 0.29) is 12.0 Å². The third-order valence-corrected chi connectivity index (χ3v) is 4.25. The minimum atomic E-state index is -0.0736. The van der Waals surface area contributed by atoms with Gasteiger partial charge in [0, 0.05) is 12.5 Å². The fourth-order valence-corrected chi connectivity index (χ4v) is 2.87. The summed E-state index contributed by atoms with van der Waals surface area (Å²) < 4.78 is 11.7. The molecule has 1 aromatic carbocycles. The average molecular weight is 289 g/mol. The van der Waals surface area contributed by atoms with Gasteiger partial charge in [-0.05, 0) is 31.4 Å². The van der Waals surface area contributed by atoms with Gasteiger partial charge in [-0.2, -0.15) is 0 Å². The molecule has 1 aromatic rings. The number of carbonyl (C=O) groups is 1. The van der Waals surface area contributed by atoms with Crippen LogP contribution in [0.1, 0.15) is 32.6 Å². The first-order valence-electron chi connectivity index (χ1n) is 7.95. The molecule has 1 saturated carbocycles. The largest absolute Gasteiger partial charge is 0.486 e. The van der Waals surface area contributed by atoms with Crippen molar-refractivity contribution < 1.29 is 14.3 Å². The molecule has 2 aliphatic rings. The lowest BCUT2D eigenvalue weighted by Crippen LogP contribution is -2.47. The minimum absolute atomic E-state index is 0.0736. The summed E-state index contributed by atoms with van der Waals surface area (Å²) >= 11 is 0. The molecule has 3 rings (SSSR count). The fourth-order valence-electron chi connectivity index (χ4n) is 2.87. The zero-order chi connectivity index (χ0) is 14.7. The molecule has 4 heteroatoms. The number of fused-ring (bicyclic) bond motifs is 1. The van der Waals surface area contributed by atoms with E-state index in [9.17, 15) is 4.79 Å². The lowest BCUT2D eigenvalue weighted by molar-refractivity contribution is -0.139. The maximum Gasteiger partial charge on any atom is 0.225 e. The molecule has 1 aliphatic carbocycles. The highest BCUT2D eigenvalue weighted by Gasteiger charge is 2.31. The first-order valence-corrected chi connectivity index (χ1v) is 7.95. The molecule has 1 aliphatic heterocycles. The highest BCUT2D eigenvalue weighted by atomic mass is 16.6. The molecule has 0 N–H and O–H groups in total. The predicted octanol–water partition coefficient (Wildman–Crippen LogP) is 2.87. The Kier molecular flexibility index (Phi) is 4.32. The molecule has 0 bridgehead atoms. The first-order chi connectivity index (χ1) is 10.3. The number of carbonyl (C=O) groups excluding carboxylic acids is 1. The van der Waals surface area contributed by atoms with Crippen LogP contribution in [0, 0.1) is 5.92 Å². The molecule has 1 fully saturated rings. The summed E-state index contributed by atoms with van der Waals surface area (Å²) in [4.78, 5) is 14.4. The van der Waals surface area contributed by atoms with E-state index in [2.05, 4.69) is 6.92 Å². The minimum Gasteiger partial charge on any atom is -0.486 e. The van der Waals surface area contributed by atoms with Crippen LogP contribution in [0.5, 0.6) is 11.5 Å². The second-order valence-corrected chi connectivity index (χ2v) is 5.91. The molecular formula is C17H23NO3. The van der Waals surface area contributed by atoms with Crippen LogP contribution in [-0.2, 0) is 4.79 Å². The van der Waals surface area contributed by atoms with Crippen LogP contribution < -0.4 is 9.47 Å². The van der Waals surface area contributed by atoms with Gasteiger partial charge < -0.3 is 14.4 Å². The lowest BCUT2D eigenvalue weighted by Gasteiger charge is -2.35. The first kappa shape index (κ1) is 14.2. The quantitative estimate of drug-likeness (QED) is 0.836. The third kappa shape index (κ3) is 3.14. The van der Waals surface area contributed by atoms with E-state index in [4.69, 9.17) is 9.47 Å². The lowest BCUT2D eigenvalue weighted by atomic mass is 9.84. The maximum atomic E-state index is 12.5. The maximum absolute atomic E-state index is 12.5. The van der Waals surface area contributed by atoms with Gasteiger partial charge in [-0.3, -0.25) is 4.79 Å². The summed E-state index contributed by atoms with van der Waals surface area (Å²) in [6, 6.07) is 7.70. The number of rotatable bonds is 5. The van der Waals surface area contributed by atoms with Crippen LogP contribution in [0.3, 0.4) is 0 Å². The van der Waals surface area contributed by atoms with Gasteiger partial charge >= 0.3 is 0 Å². The van der Waals surface area contributed by atoms with E-state index in [0.29, 0.717) is 19.1 Å². The van der Waals surface area contributed by atoms with Crippen molar-refractivity contribution in [3.63, 3.8) is 0 Å². The van der Waals surface area contributed by atoms with Crippen molar-refractivity contribution in [1.29, 1.82) is 0 Å². The van der Waals surface area contributed by atoms with Crippen LogP contribution in [0.4, 0.5) is 0 Å². The van der Waals surface area contributed by atoms with Crippen molar-refractivity contribution >= 4 is 5.91 Å². The monoisotopic (exact) mass is 289 g/mol. The summed E-state index contributed by atoms with van der Waals surface area (Å²) in [6.07, 6.45) is 4.18. The van der Waals surface area contributed by atoms with Crippen LogP contribution >= 0.6 is 0 Å². The Morgan fingerprint density at radius 3 is 2.71 bits per heavy atom. The second kappa shape index (κ2) is 6.37. The van der Waals surface area contributed by atoms with Crippen molar-refractivity contribution in [2.75, 3.05) is 19.7 Å². The Morgan fingerprint density at radius 1 is 1.29 bits per heavy atom. The van der Waals surface area contributed by atoms with Gasteiger partial charge in [-0.25, -0.2) is 0 Å². The molecule has 1 atom stereocenters. The topological polar surface area (TPSA) is 38.8 Å². The van der Waals surface area contributed by atoms with E-state index in [1.165, 1.54) is 6.42 Å². The summed E-state index contributed by atoms with van der Waals surface area (Å²) in [5, 5.41) is 0.